The van der Waals surface area contributed by atoms with Crippen LogP contribution in [0.4, 0.5) is 0 Å². The van der Waals surface area contributed by atoms with E-state index in [2.05, 4.69) is 58.7 Å². The van der Waals surface area contributed by atoms with Crippen molar-refractivity contribution in [3.05, 3.63) is 46.5 Å². The van der Waals surface area contributed by atoms with Crippen LogP contribution in [0.5, 0.6) is 0 Å². The fourth-order valence-corrected chi connectivity index (χ4v) is 13.5. The van der Waals surface area contributed by atoms with Gasteiger partial charge in [0.05, 0.1) is 16.5 Å². The maximum atomic E-state index is 14.4. The molecule has 4 saturated carbocycles. The van der Waals surface area contributed by atoms with Crippen molar-refractivity contribution in [2.75, 3.05) is 26.2 Å². The summed E-state index contributed by atoms with van der Waals surface area (Å²) in [5.41, 5.74) is 3.15. The Bertz CT molecular complexity index is 1620. The van der Waals surface area contributed by atoms with E-state index in [1.165, 1.54) is 37.6 Å². The van der Waals surface area contributed by atoms with Crippen LogP contribution in [0.15, 0.2) is 35.4 Å². The smallest absolute Gasteiger partial charge is 0.339 e. The number of likely N-dealkylation sites (tertiary alicyclic amines) is 1. The summed E-state index contributed by atoms with van der Waals surface area (Å²) in [6, 6.07) is 6.39. The van der Waals surface area contributed by atoms with Gasteiger partial charge in [0.2, 0.25) is 5.91 Å². The molecule has 1 unspecified atom stereocenters. The lowest BCUT2D eigenvalue weighted by Crippen LogP contribution is -2.64. The predicted octanol–water partition coefficient (Wildman–Crippen LogP) is 9.46. The van der Waals surface area contributed by atoms with Gasteiger partial charge < -0.3 is 20.1 Å². The van der Waals surface area contributed by atoms with Crippen LogP contribution in [-0.2, 0) is 9.53 Å². The average Bonchev–Trinajstić information content (AvgIpc) is 3.61. The SMILES string of the molecule is CC1(C)CC[C@]2(C(=O)NCCCN3CCCC3)CC[C@]3(C)C(=C2C1)CCC1[C@@]2(C)CC[C@H](OC(=O)c4ccccc4C(=O)O)C(C)(C)[C@@H]2CC[C@]13C. The molecule has 1 aromatic rings. The van der Waals surface area contributed by atoms with Crippen molar-refractivity contribution in [1.82, 2.24) is 10.2 Å². The number of rotatable bonds is 8. The van der Waals surface area contributed by atoms with Gasteiger partial charge in [0, 0.05) is 12.0 Å². The van der Waals surface area contributed by atoms with Crippen molar-refractivity contribution in [2.24, 2.45) is 44.3 Å². The van der Waals surface area contributed by atoms with E-state index >= 15 is 0 Å². The number of nitrogens with zero attached hydrogens (tertiary/aromatic N) is 1. The topological polar surface area (TPSA) is 95.9 Å². The first kappa shape index (κ1) is 37.6. The number of amides is 1. The number of aromatic carboxylic acids is 1. The quantitative estimate of drug-likeness (QED) is 0.158. The molecule has 5 aliphatic carbocycles. The number of carboxylic acid groups (broad SMARTS) is 1. The minimum atomic E-state index is -1.11. The molecule has 2 N–H and O–H groups in total. The van der Waals surface area contributed by atoms with Crippen molar-refractivity contribution in [3.8, 4) is 0 Å². The molecule has 0 spiro atoms. The number of ether oxygens (including phenoxy) is 1. The van der Waals surface area contributed by atoms with E-state index < -0.39 is 11.9 Å². The number of nitrogens with one attached hydrogen (secondary N) is 1. The normalized spacial score (nSPS) is 37.9. The first-order valence-electron chi connectivity index (χ1n) is 20.8. The van der Waals surface area contributed by atoms with Crippen molar-refractivity contribution >= 4 is 17.8 Å². The lowest BCUT2D eigenvalue weighted by atomic mass is 9.34. The highest BCUT2D eigenvalue weighted by atomic mass is 16.5. The number of fused-ring (bicyclic) bond motifs is 6. The number of hydrogen-bond donors (Lipinski definition) is 2. The van der Waals surface area contributed by atoms with Crippen LogP contribution in [-0.4, -0.2) is 60.1 Å². The molecular weight excluding hydrogens is 649 g/mol. The summed E-state index contributed by atoms with van der Waals surface area (Å²) >= 11 is 0. The zero-order valence-corrected chi connectivity index (χ0v) is 33.3. The van der Waals surface area contributed by atoms with Gasteiger partial charge in [-0.1, -0.05) is 71.7 Å². The van der Waals surface area contributed by atoms with E-state index in [0.717, 1.165) is 90.1 Å². The molecule has 1 heterocycles. The van der Waals surface area contributed by atoms with Gasteiger partial charge in [0.25, 0.3) is 0 Å². The molecule has 0 radical (unpaired) electrons. The molecule has 7 heteroatoms. The van der Waals surface area contributed by atoms with Gasteiger partial charge in [-0.25, -0.2) is 9.59 Å². The van der Waals surface area contributed by atoms with E-state index in [0.29, 0.717) is 17.7 Å². The molecule has 7 atom stereocenters. The fourth-order valence-electron chi connectivity index (χ4n) is 13.5. The Morgan fingerprint density at radius 2 is 1.52 bits per heavy atom. The minimum absolute atomic E-state index is 0.00684. The monoisotopic (exact) mass is 714 g/mol. The van der Waals surface area contributed by atoms with Gasteiger partial charge in [-0.15, -0.1) is 0 Å². The van der Waals surface area contributed by atoms with Gasteiger partial charge in [-0.3, -0.25) is 4.79 Å². The molecule has 52 heavy (non-hydrogen) atoms. The van der Waals surface area contributed by atoms with Gasteiger partial charge in [0.15, 0.2) is 0 Å². The molecule has 1 aromatic carbocycles. The Morgan fingerprint density at radius 3 is 2.23 bits per heavy atom. The first-order valence-corrected chi connectivity index (χ1v) is 20.8. The van der Waals surface area contributed by atoms with E-state index in [1.54, 1.807) is 23.8 Å². The number of allylic oxidation sites excluding steroid dienone is 1. The van der Waals surface area contributed by atoms with Gasteiger partial charge in [-0.2, -0.15) is 0 Å². The van der Waals surface area contributed by atoms with Crippen LogP contribution in [0, 0.1) is 44.3 Å². The zero-order valence-electron chi connectivity index (χ0n) is 33.3. The molecular formula is C45H66N2O5. The third kappa shape index (κ3) is 5.89. The maximum Gasteiger partial charge on any atom is 0.339 e. The summed E-state index contributed by atoms with van der Waals surface area (Å²) in [7, 11) is 0. The molecule has 7 nitrogen and oxygen atoms in total. The van der Waals surface area contributed by atoms with Crippen LogP contribution in [0.25, 0.3) is 0 Å². The van der Waals surface area contributed by atoms with Crippen LogP contribution in [0.1, 0.15) is 159 Å². The Hall–Kier alpha value is -2.67. The second-order valence-electron chi connectivity index (χ2n) is 20.1. The number of esters is 1. The highest BCUT2D eigenvalue weighted by Crippen LogP contribution is 2.75. The van der Waals surface area contributed by atoms with Crippen molar-refractivity contribution in [1.29, 1.82) is 0 Å². The van der Waals surface area contributed by atoms with Gasteiger partial charge in [0.1, 0.15) is 6.10 Å². The highest BCUT2D eigenvalue weighted by molar-refractivity contribution is 6.02. The van der Waals surface area contributed by atoms with Gasteiger partial charge >= 0.3 is 11.9 Å². The van der Waals surface area contributed by atoms with Gasteiger partial charge in [-0.05, 0) is 155 Å². The molecule has 7 rings (SSSR count). The minimum Gasteiger partial charge on any atom is -0.478 e. The van der Waals surface area contributed by atoms with Crippen LogP contribution in [0.3, 0.4) is 0 Å². The second-order valence-corrected chi connectivity index (χ2v) is 20.1. The molecule has 1 saturated heterocycles. The lowest BCUT2D eigenvalue weighted by molar-refractivity contribution is -0.205. The molecule has 0 bridgehead atoms. The Morgan fingerprint density at radius 1 is 0.827 bits per heavy atom. The standard InChI is InChI=1S/C45H66N2O5/c1-40(2)21-23-45(39(51)46-25-12-28-47-26-10-11-27-47)24-22-43(6)32(33(45)29-40)15-16-35-42(5)19-18-36(41(3,4)34(42)17-20-44(35,43)7)52-38(50)31-14-9-8-13-30(31)37(48)49/h8-9,13-14,34-36H,10-12,15-29H2,1-7H3,(H,46,51)(H,48,49)/t34-,35?,36-,42-,43+,44+,45-/m0/s1. The van der Waals surface area contributed by atoms with E-state index in [9.17, 15) is 19.5 Å². The molecule has 1 aliphatic heterocycles. The predicted molar refractivity (Wildman–Crippen MR) is 205 cm³/mol. The third-order valence-electron chi connectivity index (χ3n) is 16.7. The van der Waals surface area contributed by atoms with Crippen molar-refractivity contribution < 1.29 is 24.2 Å². The Kier molecular flexibility index (Phi) is 9.60. The average molecular weight is 715 g/mol. The lowest BCUT2D eigenvalue weighted by Gasteiger charge is -2.71. The first-order chi connectivity index (χ1) is 24.5. The summed E-state index contributed by atoms with van der Waals surface area (Å²) < 4.78 is 6.27. The second kappa shape index (κ2) is 13.3. The van der Waals surface area contributed by atoms with Crippen molar-refractivity contribution in [3.63, 3.8) is 0 Å². The third-order valence-corrected chi connectivity index (χ3v) is 16.7. The van der Waals surface area contributed by atoms with E-state index in [4.69, 9.17) is 4.74 Å². The molecule has 0 aromatic heterocycles. The zero-order chi connectivity index (χ0) is 37.3. The molecule has 6 aliphatic rings. The maximum absolute atomic E-state index is 14.4. The largest absolute Gasteiger partial charge is 0.478 e. The van der Waals surface area contributed by atoms with E-state index in [1.807, 2.05) is 0 Å². The molecule has 5 fully saturated rings. The summed E-state index contributed by atoms with van der Waals surface area (Å²) in [5.74, 6) is -0.406. The number of carboxylic acids is 1. The Balaban J connectivity index is 1.13. The number of hydrogen-bond acceptors (Lipinski definition) is 5. The van der Waals surface area contributed by atoms with Crippen molar-refractivity contribution in [2.45, 2.75) is 144 Å². The van der Waals surface area contributed by atoms with Crippen LogP contribution in [0.2, 0.25) is 0 Å². The summed E-state index contributed by atoms with van der Waals surface area (Å²) in [6.45, 7) is 21.4. The number of carbonyl (C=O) groups excluding carboxylic acids is 2. The van der Waals surface area contributed by atoms with E-state index in [-0.39, 0.29) is 49.7 Å². The highest BCUT2D eigenvalue weighted by Gasteiger charge is 2.68. The summed E-state index contributed by atoms with van der Waals surface area (Å²) in [5, 5.41) is 13.2. The molecule has 286 valence electrons. The summed E-state index contributed by atoms with van der Waals surface area (Å²) in [4.78, 5) is 42.4. The van der Waals surface area contributed by atoms with Crippen LogP contribution >= 0.6 is 0 Å². The number of benzene rings is 1. The van der Waals surface area contributed by atoms with Crippen LogP contribution < -0.4 is 5.32 Å². The summed E-state index contributed by atoms with van der Waals surface area (Å²) in [6.07, 6.45) is 14.8. The Labute approximate surface area is 313 Å². The number of carbonyl (C=O) groups is 3. The molecule has 1 amide bonds. The fraction of sp³-hybridized carbons (Fsp3) is 0.756.